The summed E-state index contributed by atoms with van der Waals surface area (Å²) in [5.41, 5.74) is 2.61. The van der Waals surface area contributed by atoms with Crippen molar-refractivity contribution in [2.24, 2.45) is 4.99 Å². The predicted molar refractivity (Wildman–Crippen MR) is 69.6 cm³/mol. The van der Waals surface area contributed by atoms with E-state index < -0.39 is 0 Å². The van der Waals surface area contributed by atoms with Crippen molar-refractivity contribution in [1.82, 2.24) is 4.90 Å². The average Bonchev–Trinajstić information content (AvgIpc) is 2.35. The second kappa shape index (κ2) is 4.13. The van der Waals surface area contributed by atoms with Crippen molar-refractivity contribution in [1.29, 1.82) is 0 Å². The molecule has 1 aromatic rings. The first-order valence-electron chi connectivity index (χ1n) is 5.87. The Balaban J connectivity index is 2.06. The molecule has 0 aromatic heterocycles. The number of thioether (sulfide) groups is 1. The molecule has 16 heavy (non-hydrogen) atoms. The SMILES string of the molecule is CSc1cccc2c1N=C1CCCCN1C2. The van der Waals surface area contributed by atoms with Gasteiger partial charge < -0.3 is 4.90 Å². The van der Waals surface area contributed by atoms with Crippen LogP contribution in [0.2, 0.25) is 0 Å². The Morgan fingerprint density at radius 3 is 3.12 bits per heavy atom. The van der Waals surface area contributed by atoms with E-state index in [9.17, 15) is 0 Å². The molecule has 3 rings (SSSR count). The molecule has 0 bridgehead atoms. The van der Waals surface area contributed by atoms with Gasteiger partial charge in [0.25, 0.3) is 0 Å². The van der Waals surface area contributed by atoms with Crippen LogP contribution in [-0.2, 0) is 6.54 Å². The Bertz CT molecular complexity index is 440. The van der Waals surface area contributed by atoms with Gasteiger partial charge in [0.2, 0.25) is 0 Å². The molecule has 0 atom stereocenters. The van der Waals surface area contributed by atoms with Crippen molar-refractivity contribution in [2.75, 3.05) is 12.8 Å². The molecule has 2 aliphatic rings. The molecule has 1 saturated heterocycles. The minimum Gasteiger partial charge on any atom is -0.356 e. The van der Waals surface area contributed by atoms with Crippen LogP contribution in [0.3, 0.4) is 0 Å². The first kappa shape index (κ1) is 10.2. The molecule has 84 valence electrons. The highest BCUT2D eigenvalue weighted by molar-refractivity contribution is 7.98. The fraction of sp³-hybridized carbons (Fsp3) is 0.462. The third kappa shape index (κ3) is 1.63. The van der Waals surface area contributed by atoms with Gasteiger partial charge in [-0.15, -0.1) is 11.8 Å². The van der Waals surface area contributed by atoms with E-state index in [1.54, 1.807) is 11.8 Å². The van der Waals surface area contributed by atoms with Crippen LogP contribution < -0.4 is 0 Å². The highest BCUT2D eigenvalue weighted by atomic mass is 32.2. The minimum absolute atomic E-state index is 1.06. The van der Waals surface area contributed by atoms with E-state index in [4.69, 9.17) is 4.99 Å². The first-order chi connectivity index (χ1) is 7.88. The minimum atomic E-state index is 1.06. The van der Waals surface area contributed by atoms with Gasteiger partial charge in [-0.2, -0.15) is 0 Å². The summed E-state index contributed by atoms with van der Waals surface area (Å²) < 4.78 is 0. The number of nitrogens with zero attached hydrogens (tertiary/aromatic N) is 2. The quantitative estimate of drug-likeness (QED) is 0.689. The molecular formula is C13H16N2S. The average molecular weight is 232 g/mol. The Hall–Kier alpha value is -0.960. The lowest BCUT2D eigenvalue weighted by molar-refractivity contribution is 0.359. The number of piperidine rings is 1. The maximum atomic E-state index is 4.86. The molecule has 0 saturated carbocycles. The summed E-state index contributed by atoms with van der Waals surface area (Å²) in [6.45, 7) is 2.24. The van der Waals surface area contributed by atoms with Gasteiger partial charge in [0.1, 0.15) is 5.84 Å². The molecule has 0 N–H and O–H groups in total. The van der Waals surface area contributed by atoms with E-state index in [1.165, 1.54) is 41.4 Å². The van der Waals surface area contributed by atoms with Crippen LogP contribution >= 0.6 is 11.8 Å². The Kier molecular flexibility index (Phi) is 2.64. The van der Waals surface area contributed by atoms with Gasteiger partial charge in [-0.3, -0.25) is 0 Å². The molecular weight excluding hydrogens is 216 g/mol. The number of hydrogen-bond donors (Lipinski definition) is 0. The fourth-order valence-corrected chi connectivity index (χ4v) is 3.08. The van der Waals surface area contributed by atoms with E-state index in [0.717, 1.165) is 13.0 Å². The molecule has 2 heterocycles. The van der Waals surface area contributed by atoms with Gasteiger partial charge in [-0.1, -0.05) is 12.1 Å². The van der Waals surface area contributed by atoms with E-state index >= 15 is 0 Å². The second-order valence-electron chi connectivity index (χ2n) is 4.37. The van der Waals surface area contributed by atoms with Crippen molar-refractivity contribution in [3.05, 3.63) is 23.8 Å². The monoisotopic (exact) mass is 232 g/mol. The Morgan fingerprint density at radius 1 is 1.31 bits per heavy atom. The number of amidine groups is 1. The summed E-state index contributed by atoms with van der Waals surface area (Å²) in [5, 5.41) is 0. The Labute approximate surface area is 101 Å². The molecule has 1 aromatic carbocycles. The summed E-state index contributed by atoms with van der Waals surface area (Å²) in [5.74, 6) is 1.31. The van der Waals surface area contributed by atoms with Crippen molar-refractivity contribution in [3.63, 3.8) is 0 Å². The molecule has 0 amide bonds. The maximum absolute atomic E-state index is 4.86. The van der Waals surface area contributed by atoms with Gasteiger partial charge in [-0.25, -0.2) is 4.99 Å². The van der Waals surface area contributed by atoms with Crippen LogP contribution in [-0.4, -0.2) is 23.5 Å². The zero-order valence-corrected chi connectivity index (χ0v) is 10.4. The first-order valence-corrected chi connectivity index (χ1v) is 7.09. The fourth-order valence-electron chi connectivity index (χ4n) is 2.49. The standard InChI is InChI=1S/C13H16N2S/c1-16-11-6-4-5-10-9-15-8-3-2-7-12(15)14-13(10)11/h4-6H,2-3,7-9H2,1H3. The molecule has 2 nitrogen and oxygen atoms in total. The van der Waals surface area contributed by atoms with Crippen LogP contribution in [0.25, 0.3) is 0 Å². The lowest BCUT2D eigenvalue weighted by atomic mass is 10.0. The molecule has 0 unspecified atom stereocenters. The maximum Gasteiger partial charge on any atom is 0.105 e. The van der Waals surface area contributed by atoms with Crippen molar-refractivity contribution >= 4 is 23.3 Å². The van der Waals surface area contributed by atoms with Gasteiger partial charge >= 0.3 is 0 Å². The molecule has 3 heteroatoms. The normalized spacial score (nSPS) is 18.8. The summed E-state index contributed by atoms with van der Waals surface area (Å²) in [6, 6.07) is 6.53. The molecule has 1 fully saturated rings. The molecule has 0 radical (unpaired) electrons. The van der Waals surface area contributed by atoms with Crippen molar-refractivity contribution < 1.29 is 0 Å². The van der Waals surface area contributed by atoms with Gasteiger partial charge in [0.15, 0.2) is 0 Å². The molecule has 0 aliphatic carbocycles. The molecule has 0 spiro atoms. The number of hydrogen-bond acceptors (Lipinski definition) is 3. The Morgan fingerprint density at radius 2 is 2.25 bits per heavy atom. The summed E-state index contributed by atoms with van der Waals surface area (Å²) in [7, 11) is 0. The zero-order valence-electron chi connectivity index (χ0n) is 9.57. The summed E-state index contributed by atoms with van der Waals surface area (Å²) in [4.78, 5) is 8.62. The number of benzene rings is 1. The van der Waals surface area contributed by atoms with Crippen LogP contribution in [0.5, 0.6) is 0 Å². The number of aliphatic imine (C=N–C) groups is 1. The van der Waals surface area contributed by atoms with Gasteiger partial charge in [0, 0.05) is 24.4 Å². The number of para-hydroxylation sites is 1. The van der Waals surface area contributed by atoms with Crippen LogP contribution in [0.15, 0.2) is 28.1 Å². The third-order valence-electron chi connectivity index (χ3n) is 3.35. The zero-order chi connectivity index (χ0) is 11.0. The van der Waals surface area contributed by atoms with Crippen molar-refractivity contribution in [2.45, 2.75) is 30.7 Å². The van der Waals surface area contributed by atoms with Crippen molar-refractivity contribution in [3.8, 4) is 0 Å². The number of fused-ring (bicyclic) bond motifs is 2. The van der Waals surface area contributed by atoms with Crippen LogP contribution in [0, 0.1) is 0 Å². The van der Waals surface area contributed by atoms with Crippen LogP contribution in [0.1, 0.15) is 24.8 Å². The third-order valence-corrected chi connectivity index (χ3v) is 4.12. The lowest BCUT2D eigenvalue weighted by Gasteiger charge is -2.34. The second-order valence-corrected chi connectivity index (χ2v) is 5.22. The highest BCUT2D eigenvalue weighted by Crippen LogP contribution is 2.36. The smallest absolute Gasteiger partial charge is 0.105 e. The largest absolute Gasteiger partial charge is 0.356 e. The number of rotatable bonds is 1. The summed E-state index contributed by atoms with van der Waals surface area (Å²) in [6.07, 6.45) is 5.90. The summed E-state index contributed by atoms with van der Waals surface area (Å²) >= 11 is 1.80. The lowest BCUT2D eigenvalue weighted by Crippen LogP contribution is -2.36. The van der Waals surface area contributed by atoms with E-state index in [-0.39, 0.29) is 0 Å². The topological polar surface area (TPSA) is 15.6 Å². The molecule has 2 aliphatic heterocycles. The predicted octanol–water partition coefficient (Wildman–Crippen LogP) is 3.44. The highest BCUT2D eigenvalue weighted by Gasteiger charge is 2.23. The van der Waals surface area contributed by atoms with Gasteiger partial charge in [0.05, 0.1) is 5.69 Å². The van der Waals surface area contributed by atoms with Gasteiger partial charge in [-0.05, 0) is 30.7 Å². The van der Waals surface area contributed by atoms with E-state index in [0.29, 0.717) is 0 Å². The van der Waals surface area contributed by atoms with Crippen LogP contribution in [0.4, 0.5) is 5.69 Å². The van der Waals surface area contributed by atoms with E-state index in [1.807, 2.05) is 0 Å². The van der Waals surface area contributed by atoms with E-state index in [2.05, 4.69) is 29.4 Å².